The summed E-state index contributed by atoms with van der Waals surface area (Å²) < 4.78 is 15.2. The Morgan fingerprint density at radius 3 is 2.52 bits per heavy atom. The van der Waals surface area contributed by atoms with Crippen molar-refractivity contribution >= 4 is 11.9 Å². The van der Waals surface area contributed by atoms with Crippen LogP contribution in [0.15, 0.2) is 36.9 Å². The smallest absolute Gasteiger partial charge is 0.309 e. The molecule has 0 saturated heterocycles. The van der Waals surface area contributed by atoms with Crippen molar-refractivity contribution < 1.29 is 23.8 Å². The van der Waals surface area contributed by atoms with Gasteiger partial charge in [-0.15, -0.1) is 6.58 Å². The van der Waals surface area contributed by atoms with E-state index >= 15 is 0 Å². The second-order valence-corrected chi connectivity index (χ2v) is 4.03. The molecule has 1 N–H and O–H groups in total. The number of ether oxygens (including phenoxy) is 3. The van der Waals surface area contributed by atoms with E-state index in [-0.39, 0.29) is 25.5 Å². The summed E-state index contributed by atoms with van der Waals surface area (Å²) in [5.74, 6) is 0.510. The SMILES string of the molecule is C=CCNC(=O)COC(=O)CCOc1ccc(OC)cc1. The van der Waals surface area contributed by atoms with E-state index in [1.165, 1.54) is 0 Å². The van der Waals surface area contributed by atoms with Crippen LogP contribution in [0.3, 0.4) is 0 Å². The van der Waals surface area contributed by atoms with Crippen LogP contribution in [0.5, 0.6) is 11.5 Å². The zero-order valence-corrected chi connectivity index (χ0v) is 12.0. The van der Waals surface area contributed by atoms with Crippen LogP contribution in [0.4, 0.5) is 0 Å². The van der Waals surface area contributed by atoms with Gasteiger partial charge in [0.05, 0.1) is 20.1 Å². The van der Waals surface area contributed by atoms with Crippen LogP contribution < -0.4 is 14.8 Å². The maximum atomic E-state index is 11.4. The van der Waals surface area contributed by atoms with Crippen molar-refractivity contribution in [2.24, 2.45) is 0 Å². The Labute approximate surface area is 123 Å². The van der Waals surface area contributed by atoms with Crippen LogP contribution in [0.25, 0.3) is 0 Å². The first kappa shape index (κ1) is 16.6. The van der Waals surface area contributed by atoms with Crippen LogP contribution >= 0.6 is 0 Å². The fourth-order valence-corrected chi connectivity index (χ4v) is 1.38. The summed E-state index contributed by atoms with van der Waals surface area (Å²) in [6, 6.07) is 7.01. The average Bonchev–Trinajstić information content (AvgIpc) is 2.51. The van der Waals surface area contributed by atoms with E-state index in [2.05, 4.69) is 11.9 Å². The molecule has 0 spiro atoms. The maximum absolute atomic E-state index is 11.4. The topological polar surface area (TPSA) is 73.9 Å². The van der Waals surface area contributed by atoms with Crippen LogP contribution in [0.2, 0.25) is 0 Å². The first-order valence-electron chi connectivity index (χ1n) is 6.45. The molecule has 114 valence electrons. The predicted molar refractivity (Wildman–Crippen MR) is 77.3 cm³/mol. The summed E-state index contributed by atoms with van der Waals surface area (Å²) in [7, 11) is 1.58. The van der Waals surface area contributed by atoms with Crippen molar-refractivity contribution in [3.8, 4) is 11.5 Å². The third-order valence-corrected chi connectivity index (χ3v) is 2.44. The first-order valence-corrected chi connectivity index (χ1v) is 6.45. The minimum absolute atomic E-state index is 0.0702. The number of methoxy groups -OCH3 is 1. The zero-order chi connectivity index (χ0) is 15.5. The lowest BCUT2D eigenvalue weighted by Crippen LogP contribution is -2.29. The van der Waals surface area contributed by atoms with Gasteiger partial charge in [0.2, 0.25) is 0 Å². The molecule has 0 bridgehead atoms. The number of carbonyl (C=O) groups is 2. The molecule has 1 amide bonds. The molecule has 0 aliphatic heterocycles. The molecule has 0 fully saturated rings. The van der Waals surface area contributed by atoms with Gasteiger partial charge < -0.3 is 19.5 Å². The van der Waals surface area contributed by atoms with E-state index in [1.807, 2.05) is 0 Å². The monoisotopic (exact) mass is 293 g/mol. The number of benzene rings is 1. The number of amides is 1. The van der Waals surface area contributed by atoms with Crippen LogP contribution in [-0.4, -0.2) is 38.7 Å². The molecular formula is C15H19NO5. The highest BCUT2D eigenvalue weighted by Gasteiger charge is 2.07. The highest BCUT2D eigenvalue weighted by atomic mass is 16.5. The molecule has 1 aromatic rings. The maximum Gasteiger partial charge on any atom is 0.309 e. The Kier molecular flexibility index (Phi) is 7.42. The van der Waals surface area contributed by atoms with Crippen LogP contribution in [0.1, 0.15) is 6.42 Å². The Hall–Kier alpha value is -2.50. The van der Waals surface area contributed by atoms with Gasteiger partial charge in [0.1, 0.15) is 11.5 Å². The summed E-state index contributed by atoms with van der Waals surface area (Å²) in [6.45, 7) is 3.69. The Morgan fingerprint density at radius 2 is 1.90 bits per heavy atom. The molecule has 0 aliphatic carbocycles. The van der Waals surface area contributed by atoms with Gasteiger partial charge in [0.25, 0.3) is 5.91 Å². The predicted octanol–water partition coefficient (Wildman–Crippen LogP) is 1.31. The Balaban J connectivity index is 2.17. The molecule has 0 unspecified atom stereocenters. The van der Waals surface area contributed by atoms with E-state index in [9.17, 15) is 9.59 Å². The van der Waals surface area contributed by atoms with E-state index in [0.29, 0.717) is 12.3 Å². The number of hydrogen-bond donors (Lipinski definition) is 1. The summed E-state index contributed by atoms with van der Waals surface area (Å²) >= 11 is 0. The van der Waals surface area contributed by atoms with Crippen molar-refractivity contribution in [1.82, 2.24) is 5.32 Å². The number of esters is 1. The Bertz CT molecular complexity index is 469. The summed E-state index contributed by atoms with van der Waals surface area (Å²) in [4.78, 5) is 22.6. The molecule has 0 radical (unpaired) electrons. The molecule has 0 aliphatic rings. The van der Waals surface area contributed by atoms with Crippen molar-refractivity contribution in [1.29, 1.82) is 0 Å². The van der Waals surface area contributed by atoms with E-state index in [1.54, 1.807) is 37.5 Å². The molecule has 0 aromatic heterocycles. The second kappa shape index (κ2) is 9.41. The standard InChI is InChI=1S/C15H19NO5/c1-3-9-16-14(17)11-21-15(18)8-10-20-13-6-4-12(19-2)5-7-13/h3-7H,1,8-11H2,2H3,(H,16,17). The summed E-state index contributed by atoms with van der Waals surface area (Å²) in [5.41, 5.74) is 0. The van der Waals surface area contributed by atoms with Gasteiger partial charge >= 0.3 is 5.97 Å². The van der Waals surface area contributed by atoms with Crippen LogP contribution in [-0.2, 0) is 14.3 Å². The van der Waals surface area contributed by atoms with Gasteiger partial charge in [-0.25, -0.2) is 0 Å². The van der Waals surface area contributed by atoms with Crippen molar-refractivity contribution in [2.45, 2.75) is 6.42 Å². The molecule has 1 aromatic carbocycles. The van der Waals surface area contributed by atoms with Gasteiger partial charge in [-0.2, -0.15) is 0 Å². The van der Waals surface area contributed by atoms with Gasteiger partial charge in [-0.05, 0) is 24.3 Å². The molecule has 6 heteroatoms. The van der Waals surface area contributed by atoms with Gasteiger partial charge in [0, 0.05) is 6.54 Å². The number of hydrogen-bond acceptors (Lipinski definition) is 5. The molecule has 1 rings (SSSR count). The molecule has 0 heterocycles. The largest absolute Gasteiger partial charge is 0.497 e. The fourth-order valence-electron chi connectivity index (χ4n) is 1.38. The summed E-state index contributed by atoms with van der Waals surface area (Å²) in [5, 5.41) is 2.50. The fraction of sp³-hybridized carbons (Fsp3) is 0.333. The quantitative estimate of drug-likeness (QED) is 0.549. The molecule has 6 nitrogen and oxygen atoms in total. The second-order valence-electron chi connectivity index (χ2n) is 4.03. The lowest BCUT2D eigenvalue weighted by Gasteiger charge is -2.07. The first-order chi connectivity index (χ1) is 10.2. The zero-order valence-electron chi connectivity index (χ0n) is 12.0. The van der Waals surface area contributed by atoms with Gasteiger partial charge in [0.15, 0.2) is 6.61 Å². The number of rotatable bonds is 9. The Morgan fingerprint density at radius 1 is 1.24 bits per heavy atom. The highest BCUT2D eigenvalue weighted by Crippen LogP contribution is 2.16. The average molecular weight is 293 g/mol. The third kappa shape index (κ3) is 7.00. The van der Waals surface area contributed by atoms with E-state index in [0.717, 1.165) is 5.75 Å². The van der Waals surface area contributed by atoms with Crippen LogP contribution in [0, 0.1) is 0 Å². The van der Waals surface area contributed by atoms with Crippen molar-refractivity contribution in [3.05, 3.63) is 36.9 Å². The van der Waals surface area contributed by atoms with Gasteiger partial charge in [-0.1, -0.05) is 6.08 Å². The highest BCUT2D eigenvalue weighted by molar-refractivity contribution is 5.80. The summed E-state index contributed by atoms with van der Waals surface area (Å²) in [6.07, 6.45) is 1.61. The number of carbonyl (C=O) groups excluding carboxylic acids is 2. The molecule has 21 heavy (non-hydrogen) atoms. The van der Waals surface area contributed by atoms with E-state index < -0.39 is 5.97 Å². The molecular weight excluding hydrogens is 274 g/mol. The van der Waals surface area contributed by atoms with E-state index in [4.69, 9.17) is 14.2 Å². The van der Waals surface area contributed by atoms with Gasteiger partial charge in [-0.3, -0.25) is 9.59 Å². The molecule has 0 atom stereocenters. The minimum atomic E-state index is -0.489. The van der Waals surface area contributed by atoms with Crippen molar-refractivity contribution in [3.63, 3.8) is 0 Å². The lowest BCUT2D eigenvalue weighted by molar-refractivity contribution is -0.148. The molecule has 0 saturated carbocycles. The van der Waals surface area contributed by atoms with Crippen molar-refractivity contribution in [2.75, 3.05) is 26.9 Å². The third-order valence-electron chi connectivity index (χ3n) is 2.44. The number of nitrogens with one attached hydrogen (secondary N) is 1. The normalized spacial score (nSPS) is 9.57. The lowest BCUT2D eigenvalue weighted by atomic mass is 10.3. The minimum Gasteiger partial charge on any atom is -0.497 e.